The van der Waals surface area contributed by atoms with Gasteiger partial charge in [-0.05, 0) is 84.7 Å². The third kappa shape index (κ3) is 6.51. The van der Waals surface area contributed by atoms with E-state index in [4.69, 9.17) is 5.10 Å². The van der Waals surface area contributed by atoms with Gasteiger partial charge in [-0.3, -0.25) is 19.3 Å². The van der Waals surface area contributed by atoms with Gasteiger partial charge in [0.15, 0.2) is 5.69 Å². The molecule has 5 aromatic rings. The smallest absolute Gasteiger partial charge is 0.307 e. The van der Waals surface area contributed by atoms with Crippen molar-refractivity contribution in [1.82, 2.24) is 15.1 Å². The van der Waals surface area contributed by atoms with Gasteiger partial charge in [-0.1, -0.05) is 91.7 Å². The van der Waals surface area contributed by atoms with E-state index in [2.05, 4.69) is 11.4 Å². The molecule has 8 nitrogen and oxygen atoms in total. The highest BCUT2D eigenvalue weighted by molar-refractivity contribution is 6.09. The van der Waals surface area contributed by atoms with Gasteiger partial charge in [-0.15, -0.1) is 0 Å². The largest absolute Gasteiger partial charge is 0.481 e. The summed E-state index contributed by atoms with van der Waals surface area (Å²) < 4.78 is 1.78. The van der Waals surface area contributed by atoms with Crippen molar-refractivity contribution < 1.29 is 19.5 Å². The molecule has 1 heterocycles. The van der Waals surface area contributed by atoms with Gasteiger partial charge < -0.3 is 10.4 Å². The first-order chi connectivity index (χ1) is 23.4. The van der Waals surface area contributed by atoms with Crippen LogP contribution in [0.15, 0.2) is 109 Å². The maximum absolute atomic E-state index is 15.0. The zero-order valence-electron chi connectivity index (χ0n) is 26.7. The number of nitrogens with one attached hydrogen (secondary N) is 1. The summed E-state index contributed by atoms with van der Waals surface area (Å²) in [4.78, 5) is 42.5. The highest BCUT2D eigenvalue weighted by Crippen LogP contribution is 2.35. The van der Waals surface area contributed by atoms with E-state index in [0.29, 0.717) is 16.8 Å². The van der Waals surface area contributed by atoms with Gasteiger partial charge in [-0.2, -0.15) is 5.10 Å². The Hall–Kier alpha value is -5.50. The Labute approximate surface area is 280 Å². The standard InChI is InChI=1S/C40H38N4O4/c45-37(46)24-27-18-20-30(21-19-27)38(39(47)41-32-14-7-8-15-32)43(34-23-22-28-12-9-13-31(28)25-34)40(48)35-26-36(29-10-3-1-4-11-29)44(42-35)33-16-5-2-6-17-33/h1-6,10-11,16-23,25-26,32,38H,7-9,12-15,24H2,(H,41,47)(H,45,46). The van der Waals surface area contributed by atoms with Crippen LogP contribution in [0.2, 0.25) is 0 Å². The summed E-state index contributed by atoms with van der Waals surface area (Å²) in [6.45, 7) is 0. The molecule has 48 heavy (non-hydrogen) atoms. The average molecular weight is 639 g/mol. The SMILES string of the molecule is O=C(O)Cc1ccc(C(C(=O)NC2CCCC2)N(C(=O)c2cc(-c3ccccc3)n(-c3ccccc3)n2)c2ccc3c(c2)CCC3)cc1. The summed E-state index contributed by atoms with van der Waals surface area (Å²) in [5.41, 5.74) is 6.95. The molecule has 242 valence electrons. The van der Waals surface area contributed by atoms with E-state index in [1.54, 1.807) is 39.9 Å². The van der Waals surface area contributed by atoms with Crippen LogP contribution in [0.25, 0.3) is 16.9 Å². The number of aromatic nitrogens is 2. The normalized spacial score (nSPS) is 14.8. The predicted molar refractivity (Wildman–Crippen MR) is 185 cm³/mol. The molecule has 0 spiro atoms. The molecule has 1 saturated carbocycles. The Morgan fingerprint density at radius 1 is 0.812 bits per heavy atom. The lowest BCUT2D eigenvalue weighted by molar-refractivity contribution is -0.136. The number of carboxylic acid groups (broad SMARTS) is 1. The second kappa shape index (κ2) is 13.7. The lowest BCUT2D eigenvalue weighted by Gasteiger charge is -2.32. The first kappa shape index (κ1) is 31.1. The Kier molecular flexibility index (Phi) is 8.88. The summed E-state index contributed by atoms with van der Waals surface area (Å²) in [5, 5.41) is 17.5. The Bertz CT molecular complexity index is 1870. The van der Waals surface area contributed by atoms with Gasteiger partial charge in [0.1, 0.15) is 6.04 Å². The lowest BCUT2D eigenvalue weighted by atomic mass is 9.98. The van der Waals surface area contributed by atoms with Crippen molar-refractivity contribution in [2.45, 2.75) is 63.5 Å². The number of rotatable bonds is 10. The number of carboxylic acids is 1. The van der Waals surface area contributed by atoms with Crippen molar-refractivity contribution >= 4 is 23.5 Å². The number of hydrogen-bond donors (Lipinski definition) is 2. The second-order valence-electron chi connectivity index (χ2n) is 12.7. The summed E-state index contributed by atoms with van der Waals surface area (Å²) >= 11 is 0. The lowest BCUT2D eigenvalue weighted by Crippen LogP contribution is -2.46. The van der Waals surface area contributed by atoms with Crippen LogP contribution in [0.5, 0.6) is 0 Å². The van der Waals surface area contributed by atoms with Crippen LogP contribution in [0.3, 0.4) is 0 Å². The van der Waals surface area contributed by atoms with E-state index in [-0.39, 0.29) is 24.1 Å². The first-order valence-electron chi connectivity index (χ1n) is 16.7. The fourth-order valence-electron chi connectivity index (χ4n) is 7.04. The van der Waals surface area contributed by atoms with Gasteiger partial charge in [0.2, 0.25) is 5.91 Å². The van der Waals surface area contributed by atoms with Crippen LogP contribution in [-0.2, 0) is 28.9 Å². The first-order valence-corrected chi connectivity index (χ1v) is 16.7. The van der Waals surface area contributed by atoms with Gasteiger partial charge in [0, 0.05) is 17.3 Å². The molecule has 0 bridgehead atoms. The van der Waals surface area contributed by atoms with Crippen LogP contribution >= 0.6 is 0 Å². The molecule has 2 aliphatic rings. The minimum absolute atomic E-state index is 0.0326. The van der Waals surface area contributed by atoms with Crippen molar-refractivity contribution in [3.8, 4) is 16.9 Å². The summed E-state index contributed by atoms with van der Waals surface area (Å²) in [6.07, 6.45) is 6.70. The highest BCUT2D eigenvalue weighted by Gasteiger charge is 2.37. The zero-order valence-corrected chi connectivity index (χ0v) is 26.7. The third-order valence-corrected chi connectivity index (χ3v) is 9.44. The van der Waals surface area contributed by atoms with Crippen molar-refractivity contribution in [2.24, 2.45) is 0 Å². The molecule has 1 unspecified atom stereocenters. The molecule has 8 heteroatoms. The molecule has 0 saturated heterocycles. The molecular formula is C40H38N4O4. The number of carbonyl (C=O) groups is 3. The summed E-state index contributed by atoms with van der Waals surface area (Å²) in [6, 6.07) is 33.4. The summed E-state index contributed by atoms with van der Waals surface area (Å²) in [5.74, 6) is -1.61. The van der Waals surface area contributed by atoms with Crippen molar-refractivity contribution in [3.05, 3.63) is 137 Å². The molecule has 1 fully saturated rings. The van der Waals surface area contributed by atoms with E-state index in [0.717, 1.165) is 61.9 Å². The van der Waals surface area contributed by atoms with Crippen molar-refractivity contribution in [1.29, 1.82) is 0 Å². The number of benzene rings is 4. The van der Waals surface area contributed by atoms with E-state index in [1.807, 2.05) is 72.8 Å². The quantitative estimate of drug-likeness (QED) is 0.170. The predicted octanol–water partition coefficient (Wildman–Crippen LogP) is 7.10. The monoisotopic (exact) mass is 638 g/mol. The topological polar surface area (TPSA) is 105 Å². The Morgan fingerprint density at radius 3 is 2.21 bits per heavy atom. The number of aliphatic carboxylic acids is 1. The number of aryl methyl sites for hydroxylation is 2. The van der Waals surface area contributed by atoms with Gasteiger partial charge in [-0.25, -0.2) is 4.68 Å². The number of anilines is 1. The Balaban J connectivity index is 1.37. The van der Waals surface area contributed by atoms with Crippen molar-refractivity contribution in [3.63, 3.8) is 0 Å². The van der Waals surface area contributed by atoms with E-state index in [1.165, 1.54) is 11.1 Å². The molecule has 1 aromatic heterocycles. The number of para-hydroxylation sites is 1. The number of fused-ring (bicyclic) bond motifs is 1. The van der Waals surface area contributed by atoms with Crippen LogP contribution in [-0.4, -0.2) is 38.7 Å². The minimum atomic E-state index is -1.02. The maximum Gasteiger partial charge on any atom is 0.307 e. The zero-order chi connectivity index (χ0) is 33.0. The average Bonchev–Trinajstić information content (AvgIpc) is 3.89. The fraction of sp³-hybridized carbons (Fsp3) is 0.250. The number of amides is 2. The number of hydrogen-bond acceptors (Lipinski definition) is 4. The van der Waals surface area contributed by atoms with Gasteiger partial charge >= 0.3 is 5.97 Å². The molecule has 0 radical (unpaired) electrons. The van der Waals surface area contributed by atoms with Gasteiger partial charge in [0.05, 0.1) is 17.8 Å². The minimum Gasteiger partial charge on any atom is -0.481 e. The van der Waals surface area contributed by atoms with Crippen LogP contribution in [0, 0.1) is 0 Å². The van der Waals surface area contributed by atoms with E-state index in [9.17, 15) is 14.7 Å². The molecular weight excluding hydrogens is 600 g/mol. The highest BCUT2D eigenvalue weighted by atomic mass is 16.4. The number of carbonyl (C=O) groups excluding carboxylic acids is 2. The van der Waals surface area contributed by atoms with E-state index >= 15 is 4.79 Å². The van der Waals surface area contributed by atoms with Crippen LogP contribution < -0.4 is 10.2 Å². The molecule has 2 aliphatic carbocycles. The third-order valence-electron chi connectivity index (χ3n) is 9.44. The Morgan fingerprint density at radius 2 is 1.50 bits per heavy atom. The van der Waals surface area contributed by atoms with Crippen LogP contribution in [0.1, 0.15) is 70.9 Å². The van der Waals surface area contributed by atoms with Gasteiger partial charge in [0.25, 0.3) is 5.91 Å². The molecule has 7 rings (SSSR count). The maximum atomic E-state index is 15.0. The van der Waals surface area contributed by atoms with Crippen LogP contribution in [0.4, 0.5) is 5.69 Å². The molecule has 2 N–H and O–H groups in total. The molecule has 4 aromatic carbocycles. The molecule has 1 atom stereocenters. The number of nitrogens with zero attached hydrogens (tertiary/aromatic N) is 3. The van der Waals surface area contributed by atoms with Crippen molar-refractivity contribution in [2.75, 3.05) is 4.90 Å². The molecule has 0 aliphatic heterocycles. The van der Waals surface area contributed by atoms with E-state index < -0.39 is 17.9 Å². The molecule has 2 amide bonds. The fourth-order valence-corrected chi connectivity index (χ4v) is 7.04. The second-order valence-corrected chi connectivity index (χ2v) is 12.7. The summed E-state index contributed by atoms with van der Waals surface area (Å²) in [7, 11) is 0.